The third kappa shape index (κ3) is 5.27. The number of carbonyl (C=O) groups excluding carboxylic acids is 2. The fourth-order valence-corrected chi connectivity index (χ4v) is 4.11. The molecular weight excluding hydrogens is 441 g/mol. The molecule has 2 saturated heterocycles. The van der Waals surface area contributed by atoms with Crippen LogP contribution in [0.2, 0.25) is 0 Å². The summed E-state index contributed by atoms with van der Waals surface area (Å²) in [5.41, 5.74) is 0.641. The van der Waals surface area contributed by atoms with Gasteiger partial charge in [-0.3, -0.25) is 9.69 Å². The molecule has 3 heterocycles. The summed E-state index contributed by atoms with van der Waals surface area (Å²) in [6, 6.07) is 5.73. The van der Waals surface area contributed by atoms with Gasteiger partial charge in [-0.25, -0.2) is 14.2 Å². The lowest BCUT2D eigenvalue weighted by molar-refractivity contribution is 0.0694. The highest BCUT2D eigenvalue weighted by Gasteiger charge is 2.37. The maximum atomic E-state index is 14.8. The molecule has 2 N–H and O–H groups in total. The molecule has 0 spiro atoms. The van der Waals surface area contributed by atoms with Crippen molar-refractivity contribution in [2.75, 3.05) is 30.0 Å². The van der Waals surface area contributed by atoms with Crippen molar-refractivity contribution in [1.29, 1.82) is 0 Å². The molecule has 34 heavy (non-hydrogen) atoms. The number of rotatable bonds is 7. The lowest BCUT2D eigenvalue weighted by atomic mass is 10.0. The highest BCUT2D eigenvalue weighted by Crippen LogP contribution is 2.27. The zero-order valence-electron chi connectivity index (χ0n) is 19.6. The Bertz CT molecular complexity index is 1040. The Labute approximate surface area is 198 Å². The van der Waals surface area contributed by atoms with Crippen molar-refractivity contribution >= 4 is 23.8 Å². The summed E-state index contributed by atoms with van der Waals surface area (Å²) in [6.45, 7) is 7.38. The first-order valence-corrected chi connectivity index (χ1v) is 11.6. The van der Waals surface area contributed by atoms with Gasteiger partial charge in [0.05, 0.1) is 17.6 Å². The predicted molar refractivity (Wildman–Crippen MR) is 124 cm³/mol. The first-order valence-electron chi connectivity index (χ1n) is 11.6. The molecule has 0 bridgehead atoms. The third-order valence-electron chi connectivity index (χ3n) is 6.20. The van der Waals surface area contributed by atoms with E-state index in [1.807, 2.05) is 20.8 Å². The highest BCUT2D eigenvalue weighted by molar-refractivity contribution is 5.94. The molecule has 10 heteroatoms. The molecule has 2 fully saturated rings. The zero-order chi connectivity index (χ0) is 24.2. The van der Waals surface area contributed by atoms with Crippen molar-refractivity contribution in [2.24, 2.45) is 5.92 Å². The lowest BCUT2D eigenvalue weighted by Crippen LogP contribution is -2.39. The highest BCUT2D eigenvalue weighted by atomic mass is 19.1. The van der Waals surface area contributed by atoms with Crippen LogP contribution in [0.3, 0.4) is 0 Å². The van der Waals surface area contributed by atoms with Crippen molar-refractivity contribution in [2.45, 2.75) is 51.7 Å². The van der Waals surface area contributed by atoms with Gasteiger partial charge in [0.15, 0.2) is 0 Å². The molecule has 0 radical (unpaired) electrons. The second-order valence-electron chi connectivity index (χ2n) is 8.96. The number of cyclic esters (lactones) is 1. The number of carbonyl (C=O) groups is 2. The topological polar surface area (TPSA) is 106 Å². The van der Waals surface area contributed by atoms with Crippen LogP contribution >= 0.6 is 0 Å². The predicted octanol–water partition coefficient (Wildman–Crippen LogP) is 3.68. The number of ether oxygens (including phenoxy) is 2. The van der Waals surface area contributed by atoms with Gasteiger partial charge in [-0.1, -0.05) is 19.9 Å². The smallest absolute Gasteiger partial charge is 0.415 e. The molecule has 2 aliphatic heterocycles. The minimum Gasteiger partial charge on any atom is -0.447 e. The van der Waals surface area contributed by atoms with Crippen LogP contribution < -0.4 is 15.5 Å². The average Bonchev–Trinajstić information content (AvgIpc) is 3.21. The molecule has 0 saturated carbocycles. The van der Waals surface area contributed by atoms with Gasteiger partial charge in [-0.05, 0) is 49.4 Å². The second kappa shape index (κ2) is 10.3. The summed E-state index contributed by atoms with van der Waals surface area (Å²) >= 11 is 0. The van der Waals surface area contributed by atoms with Gasteiger partial charge < -0.3 is 20.1 Å². The number of hydrogen-bond donors (Lipinski definition) is 2. The number of hydrogen-bond acceptors (Lipinski definition) is 7. The summed E-state index contributed by atoms with van der Waals surface area (Å²) in [7, 11) is 0. The molecule has 9 nitrogen and oxygen atoms in total. The van der Waals surface area contributed by atoms with E-state index in [0.717, 1.165) is 12.8 Å². The van der Waals surface area contributed by atoms with E-state index >= 15 is 0 Å². The van der Waals surface area contributed by atoms with Gasteiger partial charge in [0.1, 0.15) is 18.2 Å². The van der Waals surface area contributed by atoms with Crippen LogP contribution in [0.5, 0.6) is 0 Å². The van der Waals surface area contributed by atoms with E-state index in [1.165, 1.54) is 17.0 Å². The Kier molecular flexibility index (Phi) is 7.26. The van der Waals surface area contributed by atoms with Crippen LogP contribution in [-0.2, 0) is 9.47 Å². The second-order valence-corrected chi connectivity index (χ2v) is 8.96. The first kappa shape index (κ1) is 23.9. The average molecular weight is 472 g/mol. The lowest BCUT2D eigenvalue weighted by Gasteiger charge is -2.24. The van der Waals surface area contributed by atoms with Crippen LogP contribution in [0.25, 0.3) is 0 Å². The van der Waals surface area contributed by atoms with Gasteiger partial charge in [0.25, 0.3) is 5.91 Å². The maximum Gasteiger partial charge on any atom is 0.415 e. The molecule has 2 aliphatic rings. The van der Waals surface area contributed by atoms with E-state index < -0.39 is 17.8 Å². The van der Waals surface area contributed by atoms with E-state index in [1.54, 1.807) is 18.3 Å². The van der Waals surface area contributed by atoms with E-state index in [2.05, 4.69) is 20.6 Å². The molecule has 4 rings (SSSR count). The normalized spacial score (nSPS) is 19.7. The molecule has 0 aliphatic carbocycles. The number of amides is 2. The molecule has 1 aromatic heterocycles. The Balaban J connectivity index is 1.44. The number of aromatic nitrogens is 2. The molecular formula is C24H30FN5O4. The van der Waals surface area contributed by atoms with Gasteiger partial charge >= 0.3 is 6.09 Å². The van der Waals surface area contributed by atoms with E-state index in [0.29, 0.717) is 37.2 Å². The number of nitrogens with zero attached hydrogens (tertiary/aromatic N) is 3. The standard InChI is InChI=1S/C24H30FN5O4/c1-14(2)20-13-34-24(32)30(20)21-6-9-26-23(29-21)27-15(3)16-4-5-18(19(25)12-16)22(31)28-17-7-10-33-11-8-17/h4-6,9,12,14-15,17,20H,7-8,10-11,13H2,1-3H3,(H,28,31)(H,26,27,29)/t15-,20+/m0/s1. The number of anilines is 2. The fourth-order valence-electron chi connectivity index (χ4n) is 4.11. The van der Waals surface area contributed by atoms with Gasteiger partial charge in [-0.15, -0.1) is 0 Å². The quantitative estimate of drug-likeness (QED) is 0.635. The molecule has 2 aromatic rings. The number of benzene rings is 1. The van der Waals surface area contributed by atoms with Crippen LogP contribution in [0.15, 0.2) is 30.5 Å². The van der Waals surface area contributed by atoms with E-state index in [-0.39, 0.29) is 29.6 Å². The van der Waals surface area contributed by atoms with Gasteiger partial charge in [-0.2, -0.15) is 4.98 Å². The molecule has 2 atom stereocenters. The van der Waals surface area contributed by atoms with Crippen LogP contribution in [0.1, 0.15) is 55.6 Å². The van der Waals surface area contributed by atoms with Crippen molar-refractivity contribution in [3.8, 4) is 0 Å². The first-order chi connectivity index (χ1) is 16.3. The van der Waals surface area contributed by atoms with Gasteiger partial charge in [0.2, 0.25) is 5.95 Å². The molecule has 2 amide bonds. The summed E-state index contributed by atoms with van der Waals surface area (Å²) in [6.07, 6.45) is 2.56. The maximum absolute atomic E-state index is 14.8. The van der Waals surface area contributed by atoms with Crippen LogP contribution in [-0.4, -0.2) is 53.9 Å². The largest absolute Gasteiger partial charge is 0.447 e. The van der Waals surface area contributed by atoms with E-state index in [9.17, 15) is 14.0 Å². The Morgan fingerprint density at radius 1 is 1.21 bits per heavy atom. The Morgan fingerprint density at radius 2 is 1.97 bits per heavy atom. The summed E-state index contributed by atoms with van der Waals surface area (Å²) in [5.74, 6) is -0.0807. The Morgan fingerprint density at radius 3 is 2.68 bits per heavy atom. The summed E-state index contributed by atoms with van der Waals surface area (Å²) in [5, 5.41) is 6.02. The summed E-state index contributed by atoms with van der Waals surface area (Å²) in [4.78, 5) is 35.0. The minimum absolute atomic E-state index is 0.00600. The fraction of sp³-hybridized carbons (Fsp3) is 0.500. The SMILES string of the molecule is CC(C)[C@H]1COC(=O)N1c1ccnc(N[C@@H](C)c2ccc(C(=O)NC3CCOCC3)c(F)c2)n1. The van der Waals surface area contributed by atoms with Crippen molar-refractivity contribution in [3.05, 3.63) is 47.4 Å². The number of nitrogens with one attached hydrogen (secondary N) is 2. The van der Waals surface area contributed by atoms with Crippen molar-refractivity contribution < 1.29 is 23.5 Å². The van der Waals surface area contributed by atoms with E-state index in [4.69, 9.17) is 9.47 Å². The monoisotopic (exact) mass is 471 g/mol. The summed E-state index contributed by atoms with van der Waals surface area (Å²) < 4.78 is 25.3. The van der Waals surface area contributed by atoms with Crippen molar-refractivity contribution in [1.82, 2.24) is 15.3 Å². The zero-order valence-corrected chi connectivity index (χ0v) is 19.6. The van der Waals surface area contributed by atoms with Crippen LogP contribution in [0.4, 0.5) is 21.0 Å². The van der Waals surface area contributed by atoms with Crippen LogP contribution in [0, 0.1) is 11.7 Å². The molecule has 1 aromatic carbocycles. The minimum atomic E-state index is -0.593. The van der Waals surface area contributed by atoms with Crippen molar-refractivity contribution in [3.63, 3.8) is 0 Å². The molecule has 182 valence electrons. The third-order valence-corrected chi connectivity index (χ3v) is 6.20. The molecule has 0 unspecified atom stereocenters. The van der Waals surface area contributed by atoms with Gasteiger partial charge in [0, 0.05) is 25.5 Å². The number of halogens is 1. The Hall–Kier alpha value is -3.27.